The van der Waals surface area contributed by atoms with Gasteiger partial charge in [0.05, 0.1) is 41.4 Å². The van der Waals surface area contributed by atoms with Gasteiger partial charge in [-0.05, 0) is 42.5 Å². The number of aryl methyl sites for hydroxylation is 1. The number of benzene rings is 1. The molecule has 3 aromatic heterocycles. The molecule has 1 fully saturated rings. The summed E-state index contributed by atoms with van der Waals surface area (Å²) in [6.07, 6.45) is 6.60. The Bertz CT molecular complexity index is 1400. The van der Waals surface area contributed by atoms with Crippen LogP contribution in [0, 0.1) is 11.7 Å². The summed E-state index contributed by atoms with van der Waals surface area (Å²) in [5, 5.41) is 8.24. The monoisotopic (exact) mass is 494 g/mol. The summed E-state index contributed by atoms with van der Waals surface area (Å²) < 4.78 is 27.7. The van der Waals surface area contributed by atoms with Crippen molar-refractivity contribution in [3.63, 3.8) is 0 Å². The Balaban J connectivity index is 1.32. The number of esters is 1. The molecule has 0 spiro atoms. The molecule has 1 saturated carbocycles. The van der Waals surface area contributed by atoms with Crippen molar-refractivity contribution in [1.29, 1.82) is 0 Å². The number of hydrogen-bond acceptors (Lipinski definition) is 8. The van der Waals surface area contributed by atoms with Gasteiger partial charge in [-0.25, -0.2) is 4.39 Å². The maximum absolute atomic E-state index is 14.8. The summed E-state index contributed by atoms with van der Waals surface area (Å²) in [6, 6.07) is 8.20. The molecular weight excluding hydrogens is 471 g/mol. The van der Waals surface area contributed by atoms with Crippen LogP contribution < -0.4 is 4.74 Å². The molecule has 0 radical (unpaired) electrons. The summed E-state index contributed by atoms with van der Waals surface area (Å²) in [5.74, 6) is 0.381. The van der Waals surface area contributed by atoms with Gasteiger partial charge in [0.25, 0.3) is 0 Å². The average Bonchev–Trinajstić information content (AvgIpc) is 3.34. The van der Waals surface area contributed by atoms with Crippen LogP contribution >= 0.6 is 11.3 Å². The Labute approximate surface area is 204 Å². The van der Waals surface area contributed by atoms with E-state index >= 15 is 0 Å². The van der Waals surface area contributed by atoms with E-state index in [2.05, 4.69) is 20.0 Å². The van der Waals surface area contributed by atoms with Crippen molar-refractivity contribution in [1.82, 2.24) is 20.0 Å². The van der Waals surface area contributed by atoms with Crippen LogP contribution in [0.5, 0.6) is 11.5 Å². The first-order valence-electron chi connectivity index (χ1n) is 11.3. The SMILES string of the molecule is COC(=O)CCn1cc(-c2cc3nccc(Oc4ccc(CC(=O)CC5CC5)cc4F)c3s2)nn1. The summed E-state index contributed by atoms with van der Waals surface area (Å²) in [6.45, 7) is 0.360. The molecule has 0 unspecified atom stereocenters. The number of hydrogen-bond donors (Lipinski definition) is 0. The molecule has 1 aliphatic carbocycles. The van der Waals surface area contributed by atoms with Gasteiger partial charge in [0.1, 0.15) is 17.2 Å². The van der Waals surface area contributed by atoms with Crippen LogP contribution in [0.4, 0.5) is 4.39 Å². The quantitative estimate of drug-likeness (QED) is 0.288. The van der Waals surface area contributed by atoms with Crippen LogP contribution in [0.3, 0.4) is 0 Å². The summed E-state index contributed by atoms with van der Waals surface area (Å²) in [4.78, 5) is 28.7. The minimum atomic E-state index is -0.517. The molecule has 1 aliphatic rings. The van der Waals surface area contributed by atoms with Crippen molar-refractivity contribution < 1.29 is 23.5 Å². The largest absolute Gasteiger partial charge is 0.469 e. The van der Waals surface area contributed by atoms with Crippen molar-refractivity contribution in [2.45, 2.75) is 38.6 Å². The van der Waals surface area contributed by atoms with Gasteiger partial charge in [-0.15, -0.1) is 16.4 Å². The van der Waals surface area contributed by atoms with Crippen molar-refractivity contribution in [3.05, 3.63) is 54.1 Å². The van der Waals surface area contributed by atoms with Gasteiger partial charge in [0.15, 0.2) is 11.6 Å². The standard InChI is InChI=1S/C25H23FN4O4S/c1-33-24(32)7-9-30-14-20(28-29-30)23-13-19-25(35-23)22(6-8-27-19)34-21-5-4-16(12-18(21)26)11-17(31)10-15-2-3-15/h4-6,8,12-15H,2-3,7,9-11H2,1H3. The van der Waals surface area contributed by atoms with E-state index in [9.17, 15) is 14.0 Å². The number of halogens is 1. The number of carbonyl (C=O) groups is 2. The molecule has 0 saturated heterocycles. The second-order valence-corrected chi connectivity index (χ2v) is 9.61. The fourth-order valence-corrected chi connectivity index (χ4v) is 4.76. The highest BCUT2D eigenvalue weighted by atomic mass is 32.1. The number of ketones is 1. The van der Waals surface area contributed by atoms with E-state index in [0.717, 1.165) is 22.4 Å². The van der Waals surface area contributed by atoms with E-state index in [-0.39, 0.29) is 30.3 Å². The minimum Gasteiger partial charge on any atom is -0.469 e. The Morgan fingerprint density at radius 1 is 1.20 bits per heavy atom. The number of pyridine rings is 1. The Kier molecular flexibility index (Phi) is 6.54. The van der Waals surface area contributed by atoms with Gasteiger partial charge >= 0.3 is 5.97 Å². The fourth-order valence-electron chi connectivity index (χ4n) is 3.75. The van der Waals surface area contributed by atoms with Crippen LogP contribution in [-0.2, 0) is 27.3 Å². The third kappa shape index (κ3) is 5.54. The number of rotatable bonds is 10. The minimum absolute atomic E-state index is 0.0830. The Morgan fingerprint density at radius 3 is 2.83 bits per heavy atom. The summed E-state index contributed by atoms with van der Waals surface area (Å²) >= 11 is 1.41. The second kappa shape index (κ2) is 9.91. The zero-order valence-electron chi connectivity index (χ0n) is 19.1. The Morgan fingerprint density at radius 2 is 2.06 bits per heavy atom. The second-order valence-electron chi connectivity index (χ2n) is 8.56. The van der Waals surface area contributed by atoms with Crippen LogP contribution in [0.25, 0.3) is 20.8 Å². The highest BCUT2D eigenvalue weighted by Crippen LogP contribution is 2.39. The molecule has 8 nitrogen and oxygen atoms in total. The lowest BCUT2D eigenvalue weighted by atomic mass is 10.0. The highest BCUT2D eigenvalue weighted by Gasteiger charge is 2.24. The Hall–Kier alpha value is -3.66. The van der Waals surface area contributed by atoms with Gasteiger partial charge in [0.2, 0.25) is 0 Å². The number of nitrogens with zero attached hydrogens (tertiary/aromatic N) is 4. The molecule has 0 amide bonds. The van der Waals surface area contributed by atoms with Crippen molar-refractivity contribution in [2.24, 2.45) is 5.92 Å². The third-order valence-electron chi connectivity index (χ3n) is 5.77. The number of methoxy groups -OCH3 is 1. The van der Waals surface area contributed by atoms with E-state index in [0.29, 0.717) is 41.4 Å². The molecule has 35 heavy (non-hydrogen) atoms. The van der Waals surface area contributed by atoms with E-state index < -0.39 is 5.82 Å². The predicted molar refractivity (Wildman–Crippen MR) is 128 cm³/mol. The molecule has 0 aliphatic heterocycles. The van der Waals surface area contributed by atoms with E-state index in [4.69, 9.17) is 4.74 Å². The number of Topliss-reactive ketones (excluding diaryl/α,β-unsaturated/α-hetero) is 1. The van der Waals surface area contributed by atoms with E-state index in [1.165, 1.54) is 24.5 Å². The number of aromatic nitrogens is 4. The van der Waals surface area contributed by atoms with Gasteiger partial charge < -0.3 is 9.47 Å². The number of carbonyl (C=O) groups excluding carboxylic acids is 2. The zero-order chi connectivity index (χ0) is 24.4. The molecule has 5 rings (SSSR count). The number of thiophene rings is 1. The van der Waals surface area contributed by atoms with E-state index in [1.807, 2.05) is 6.07 Å². The zero-order valence-corrected chi connectivity index (χ0v) is 19.9. The molecule has 180 valence electrons. The first-order chi connectivity index (χ1) is 17.0. The van der Waals surface area contributed by atoms with Crippen LogP contribution in [0.2, 0.25) is 0 Å². The lowest BCUT2D eigenvalue weighted by Gasteiger charge is -2.09. The first kappa shape index (κ1) is 23.1. The van der Waals surface area contributed by atoms with Gasteiger partial charge in [-0.1, -0.05) is 11.3 Å². The van der Waals surface area contributed by atoms with Crippen molar-refractivity contribution in [2.75, 3.05) is 7.11 Å². The van der Waals surface area contributed by atoms with Gasteiger partial charge in [-0.3, -0.25) is 19.3 Å². The topological polar surface area (TPSA) is 96.2 Å². The molecule has 3 heterocycles. The number of fused-ring (bicyclic) bond motifs is 1. The van der Waals surface area contributed by atoms with Gasteiger partial charge in [-0.2, -0.15) is 0 Å². The molecule has 4 aromatic rings. The van der Waals surface area contributed by atoms with Crippen molar-refractivity contribution >= 4 is 33.3 Å². The lowest BCUT2D eigenvalue weighted by Crippen LogP contribution is -2.07. The molecule has 1 aromatic carbocycles. The van der Waals surface area contributed by atoms with E-state index in [1.54, 1.807) is 35.3 Å². The fraction of sp³-hybridized carbons (Fsp3) is 0.320. The van der Waals surface area contributed by atoms with Crippen LogP contribution in [0.1, 0.15) is 31.2 Å². The number of ether oxygens (including phenoxy) is 2. The van der Waals surface area contributed by atoms with Crippen LogP contribution in [0.15, 0.2) is 42.7 Å². The summed E-state index contributed by atoms with van der Waals surface area (Å²) in [7, 11) is 1.34. The molecule has 0 atom stereocenters. The smallest absolute Gasteiger partial charge is 0.307 e. The van der Waals surface area contributed by atoms with Crippen molar-refractivity contribution in [3.8, 4) is 22.1 Å². The molecular formula is C25H23FN4O4S. The first-order valence-corrected chi connectivity index (χ1v) is 12.1. The maximum Gasteiger partial charge on any atom is 0.307 e. The molecule has 0 N–H and O–H groups in total. The normalized spacial score (nSPS) is 13.2. The highest BCUT2D eigenvalue weighted by molar-refractivity contribution is 7.22. The lowest BCUT2D eigenvalue weighted by molar-refractivity contribution is -0.140. The predicted octanol–water partition coefficient (Wildman–Crippen LogP) is 4.96. The average molecular weight is 495 g/mol. The third-order valence-corrected chi connectivity index (χ3v) is 6.93. The molecule has 0 bridgehead atoms. The maximum atomic E-state index is 14.8. The van der Waals surface area contributed by atoms with Gasteiger partial charge in [0, 0.05) is 25.1 Å². The summed E-state index contributed by atoms with van der Waals surface area (Å²) in [5.41, 5.74) is 1.97. The molecule has 10 heteroatoms. The van der Waals surface area contributed by atoms with Crippen LogP contribution in [-0.4, -0.2) is 38.8 Å².